The Morgan fingerprint density at radius 2 is 2.30 bits per heavy atom. The molecule has 0 aliphatic carbocycles. The largest absolute Gasteiger partial charge is 0.482 e. The van der Waals surface area contributed by atoms with Gasteiger partial charge in [-0.15, -0.1) is 0 Å². The molecule has 0 radical (unpaired) electrons. The molecular formula is C14H17ClN2O3. The maximum absolute atomic E-state index is 11.2. The van der Waals surface area contributed by atoms with Gasteiger partial charge in [0, 0.05) is 12.6 Å². The highest BCUT2D eigenvalue weighted by Gasteiger charge is 2.22. The molecule has 108 valence electrons. The minimum Gasteiger partial charge on any atom is -0.482 e. The maximum Gasteiger partial charge on any atom is 0.262 e. The molecule has 5 nitrogen and oxygen atoms in total. The number of nitrogens with one attached hydrogen (secondary N) is 2. The Kier molecular flexibility index (Phi) is 3.72. The van der Waals surface area contributed by atoms with Gasteiger partial charge in [0.15, 0.2) is 6.61 Å². The standard InChI is InChI=1S/C14H17ClN2O3/c1-8-2-3-9(20-8)6-16-11-5-13-12(4-10(11)15)17-14(18)7-19-13/h4-5,8-9,16H,2-3,6-7H2,1H3,(H,17,18). The first kappa shape index (κ1) is 13.5. The van der Waals surface area contributed by atoms with Crippen LogP contribution in [0.15, 0.2) is 12.1 Å². The molecule has 2 heterocycles. The van der Waals surface area contributed by atoms with Crippen molar-refractivity contribution in [3.63, 3.8) is 0 Å². The fourth-order valence-electron chi connectivity index (χ4n) is 2.49. The summed E-state index contributed by atoms with van der Waals surface area (Å²) in [6, 6.07) is 3.52. The van der Waals surface area contributed by atoms with E-state index in [1.54, 1.807) is 6.07 Å². The van der Waals surface area contributed by atoms with Gasteiger partial charge in [0.2, 0.25) is 0 Å². The van der Waals surface area contributed by atoms with Crippen molar-refractivity contribution in [1.29, 1.82) is 0 Å². The van der Waals surface area contributed by atoms with Crippen LogP contribution >= 0.6 is 11.6 Å². The molecule has 2 atom stereocenters. The van der Waals surface area contributed by atoms with Crippen LogP contribution in [0, 0.1) is 0 Å². The van der Waals surface area contributed by atoms with Crippen molar-refractivity contribution in [3.8, 4) is 5.75 Å². The van der Waals surface area contributed by atoms with Crippen LogP contribution in [-0.2, 0) is 9.53 Å². The number of hydrogen-bond donors (Lipinski definition) is 2. The number of fused-ring (bicyclic) bond motifs is 1. The number of hydrogen-bond acceptors (Lipinski definition) is 4. The minimum atomic E-state index is -0.164. The fourth-order valence-corrected chi connectivity index (χ4v) is 2.73. The Morgan fingerprint density at radius 1 is 1.45 bits per heavy atom. The zero-order chi connectivity index (χ0) is 14.1. The van der Waals surface area contributed by atoms with Gasteiger partial charge < -0.3 is 20.1 Å². The molecule has 1 saturated heterocycles. The lowest BCUT2D eigenvalue weighted by Crippen LogP contribution is -2.25. The third kappa shape index (κ3) is 2.83. The predicted molar refractivity (Wildman–Crippen MR) is 77.6 cm³/mol. The quantitative estimate of drug-likeness (QED) is 0.900. The van der Waals surface area contributed by atoms with E-state index in [0.717, 1.165) is 25.1 Å². The Bertz CT molecular complexity index is 535. The highest BCUT2D eigenvalue weighted by Crippen LogP contribution is 2.36. The first-order valence-electron chi connectivity index (χ1n) is 6.77. The molecule has 0 bridgehead atoms. The second-order valence-corrected chi connectivity index (χ2v) is 5.60. The molecule has 1 aromatic rings. The number of anilines is 2. The summed E-state index contributed by atoms with van der Waals surface area (Å²) < 4.78 is 11.1. The van der Waals surface area contributed by atoms with Crippen LogP contribution in [0.4, 0.5) is 11.4 Å². The molecule has 2 N–H and O–H groups in total. The van der Waals surface area contributed by atoms with Crippen molar-refractivity contribution in [2.75, 3.05) is 23.8 Å². The van der Waals surface area contributed by atoms with Gasteiger partial charge in [-0.1, -0.05) is 11.6 Å². The van der Waals surface area contributed by atoms with E-state index in [2.05, 4.69) is 17.6 Å². The summed E-state index contributed by atoms with van der Waals surface area (Å²) in [4.78, 5) is 11.2. The zero-order valence-electron chi connectivity index (χ0n) is 11.2. The smallest absolute Gasteiger partial charge is 0.262 e. The second-order valence-electron chi connectivity index (χ2n) is 5.19. The van der Waals surface area contributed by atoms with Crippen molar-refractivity contribution < 1.29 is 14.3 Å². The molecule has 2 unspecified atom stereocenters. The summed E-state index contributed by atoms with van der Waals surface area (Å²) in [6.45, 7) is 2.84. The SMILES string of the molecule is CC1CCC(CNc2cc3c(cc2Cl)NC(=O)CO3)O1. The molecule has 20 heavy (non-hydrogen) atoms. The number of halogens is 1. The molecule has 3 rings (SSSR count). The van der Waals surface area contributed by atoms with E-state index in [9.17, 15) is 4.79 Å². The van der Waals surface area contributed by atoms with Crippen LogP contribution in [0.25, 0.3) is 0 Å². The Morgan fingerprint density at radius 3 is 3.05 bits per heavy atom. The van der Waals surface area contributed by atoms with Crippen molar-refractivity contribution in [2.45, 2.75) is 32.0 Å². The van der Waals surface area contributed by atoms with Crippen LogP contribution < -0.4 is 15.4 Å². The van der Waals surface area contributed by atoms with E-state index >= 15 is 0 Å². The van der Waals surface area contributed by atoms with Crippen LogP contribution in [0.2, 0.25) is 5.02 Å². The molecule has 6 heteroatoms. The average molecular weight is 297 g/mol. The van der Waals surface area contributed by atoms with Crippen molar-refractivity contribution in [1.82, 2.24) is 0 Å². The van der Waals surface area contributed by atoms with E-state index in [1.807, 2.05) is 6.07 Å². The van der Waals surface area contributed by atoms with Gasteiger partial charge in [0.05, 0.1) is 28.6 Å². The van der Waals surface area contributed by atoms with Gasteiger partial charge in [-0.3, -0.25) is 4.79 Å². The highest BCUT2D eigenvalue weighted by molar-refractivity contribution is 6.33. The van der Waals surface area contributed by atoms with E-state index < -0.39 is 0 Å². The van der Waals surface area contributed by atoms with Gasteiger partial charge in [-0.25, -0.2) is 0 Å². The van der Waals surface area contributed by atoms with Crippen molar-refractivity contribution >= 4 is 28.9 Å². The fraction of sp³-hybridized carbons (Fsp3) is 0.500. The summed E-state index contributed by atoms with van der Waals surface area (Å²) in [5.41, 5.74) is 1.41. The molecule has 0 saturated carbocycles. The number of benzene rings is 1. The summed E-state index contributed by atoms with van der Waals surface area (Å²) in [7, 11) is 0. The van der Waals surface area contributed by atoms with E-state index in [1.165, 1.54) is 0 Å². The Labute approximate surface area is 122 Å². The minimum absolute atomic E-state index is 0.0390. The third-order valence-electron chi connectivity index (χ3n) is 3.54. The summed E-state index contributed by atoms with van der Waals surface area (Å²) in [6.07, 6.45) is 2.71. The molecule has 1 amide bonds. The summed E-state index contributed by atoms with van der Waals surface area (Å²) in [5.74, 6) is 0.472. The number of amides is 1. The van der Waals surface area contributed by atoms with Gasteiger partial charge in [0.1, 0.15) is 5.75 Å². The lowest BCUT2D eigenvalue weighted by Gasteiger charge is -2.20. The molecular weight excluding hydrogens is 280 g/mol. The number of rotatable bonds is 3. The van der Waals surface area contributed by atoms with Crippen molar-refractivity contribution in [3.05, 3.63) is 17.2 Å². The first-order valence-corrected chi connectivity index (χ1v) is 7.15. The average Bonchev–Trinajstić information content (AvgIpc) is 2.82. The highest BCUT2D eigenvalue weighted by atomic mass is 35.5. The molecule has 1 fully saturated rings. The summed E-state index contributed by atoms with van der Waals surface area (Å²) in [5, 5.41) is 6.57. The Hall–Kier alpha value is -1.46. The van der Waals surface area contributed by atoms with Gasteiger partial charge in [-0.05, 0) is 25.8 Å². The van der Waals surface area contributed by atoms with Crippen LogP contribution in [0.1, 0.15) is 19.8 Å². The first-order chi connectivity index (χ1) is 9.61. The zero-order valence-corrected chi connectivity index (χ0v) is 12.0. The van der Waals surface area contributed by atoms with Gasteiger partial charge >= 0.3 is 0 Å². The van der Waals surface area contributed by atoms with Crippen LogP contribution in [0.5, 0.6) is 5.75 Å². The predicted octanol–water partition coefficient (Wildman–Crippen LogP) is 2.65. The van der Waals surface area contributed by atoms with Gasteiger partial charge in [0.25, 0.3) is 5.91 Å². The van der Waals surface area contributed by atoms with Gasteiger partial charge in [-0.2, -0.15) is 0 Å². The van der Waals surface area contributed by atoms with E-state index in [4.69, 9.17) is 21.1 Å². The monoisotopic (exact) mass is 296 g/mol. The topological polar surface area (TPSA) is 59.6 Å². The third-order valence-corrected chi connectivity index (χ3v) is 3.85. The maximum atomic E-state index is 11.2. The number of carbonyl (C=O) groups excluding carboxylic acids is 1. The molecule has 1 aromatic carbocycles. The molecule has 2 aliphatic heterocycles. The lowest BCUT2D eigenvalue weighted by atomic mass is 10.2. The Balaban J connectivity index is 1.69. The molecule has 0 spiro atoms. The number of carbonyl (C=O) groups is 1. The second kappa shape index (κ2) is 5.50. The molecule has 0 aromatic heterocycles. The van der Waals surface area contributed by atoms with Crippen molar-refractivity contribution in [2.24, 2.45) is 0 Å². The number of ether oxygens (including phenoxy) is 2. The summed E-state index contributed by atoms with van der Waals surface area (Å²) >= 11 is 6.21. The van der Waals surface area contributed by atoms with Crippen LogP contribution in [0.3, 0.4) is 0 Å². The van der Waals surface area contributed by atoms with Crippen LogP contribution in [-0.4, -0.2) is 31.3 Å². The van der Waals surface area contributed by atoms with E-state index in [0.29, 0.717) is 22.6 Å². The normalized spacial score (nSPS) is 24.8. The van der Waals surface area contributed by atoms with E-state index in [-0.39, 0.29) is 18.6 Å². The lowest BCUT2D eigenvalue weighted by molar-refractivity contribution is -0.118. The molecule has 2 aliphatic rings.